The van der Waals surface area contributed by atoms with Crippen LogP contribution in [0.4, 0.5) is 0 Å². The zero-order chi connectivity index (χ0) is 21.3. The number of carboxylic acid groups (broad SMARTS) is 3. The quantitative estimate of drug-likeness (QED) is 0.252. The maximum Gasteiger partial charge on any atom is 0.320 e. The summed E-state index contributed by atoms with van der Waals surface area (Å²) in [6.07, 6.45) is 5.77. The summed E-state index contributed by atoms with van der Waals surface area (Å²) in [4.78, 5) is 36.9. The van der Waals surface area contributed by atoms with E-state index < -0.39 is 36.0 Å². The first-order valence-corrected chi connectivity index (χ1v) is 9.03. The summed E-state index contributed by atoms with van der Waals surface area (Å²) in [7, 11) is 0. The van der Waals surface area contributed by atoms with Gasteiger partial charge in [-0.3, -0.25) is 19.4 Å². The molecule has 0 spiro atoms. The number of aromatic nitrogens is 1. The minimum Gasteiger partial charge on any atom is -0.480 e. The van der Waals surface area contributed by atoms with Gasteiger partial charge in [0.25, 0.3) is 0 Å². The number of aliphatic carboxylic acids is 3. The molecule has 0 radical (unpaired) electrons. The van der Waals surface area contributed by atoms with Crippen molar-refractivity contribution >= 4 is 17.9 Å². The van der Waals surface area contributed by atoms with Gasteiger partial charge < -0.3 is 32.5 Å². The van der Waals surface area contributed by atoms with Crippen LogP contribution < -0.4 is 17.2 Å². The smallest absolute Gasteiger partial charge is 0.320 e. The van der Waals surface area contributed by atoms with Crippen molar-refractivity contribution in [2.45, 2.75) is 63.1 Å². The summed E-state index contributed by atoms with van der Waals surface area (Å²) >= 11 is 0. The van der Waals surface area contributed by atoms with E-state index in [1.165, 1.54) is 0 Å². The zero-order valence-electron chi connectivity index (χ0n) is 15.6. The van der Waals surface area contributed by atoms with Gasteiger partial charge in [-0.15, -0.1) is 0 Å². The van der Waals surface area contributed by atoms with Crippen molar-refractivity contribution in [1.29, 1.82) is 0 Å². The Hall–Kier alpha value is -2.56. The van der Waals surface area contributed by atoms with E-state index in [1.807, 2.05) is 0 Å². The highest BCUT2D eigenvalue weighted by Gasteiger charge is 2.18. The number of nitrogens with zero attached hydrogens (tertiary/aromatic N) is 1. The molecule has 0 aliphatic heterocycles. The van der Waals surface area contributed by atoms with E-state index in [0.29, 0.717) is 25.7 Å². The first-order chi connectivity index (χ1) is 13.1. The molecular weight excluding hydrogens is 368 g/mol. The predicted molar refractivity (Wildman–Crippen MR) is 101 cm³/mol. The van der Waals surface area contributed by atoms with Crippen LogP contribution in [-0.4, -0.2) is 56.3 Å². The van der Waals surface area contributed by atoms with Gasteiger partial charge in [-0.2, -0.15) is 0 Å². The largest absolute Gasteiger partial charge is 0.480 e. The molecule has 0 aliphatic carbocycles. The van der Waals surface area contributed by atoms with Crippen LogP contribution in [0.15, 0.2) is 12.4 Å². The Balaban J connectivity index is 2.95. The lowest BCUT2D eigenvalue weighted by Gasteiger charge is -2.17. The molecule has 0 saturated carbocycles. The van der Waals surface area contributed by atoms with Crippen molar-refractivity contribution in [3.63, 3.8) is 0 Å². The average molecular weight is 396 g/mol. The van der Waals surface area contributed by atoms with E-state index in [4.69, 9.17) is 32.5 Å². The molecule has 0 saturated heterocycles. The minimum absolute atomic E-state index is 0.219. The highest BCUT2D eigenvalue weighted by Crippen LogP contribution is 2.21. The van der Waals surface area contributed by atoms with Gasteiger partial charge in [-0.25, -0.2) is 0 Å². The number of carbonyl (C=O) groups is 3. The summed E-state index contributed by atoms with van der Waals surface area (Å²) in [6.45, 7) is 0. The van der Waals surface area contributed by atoms with Crippen LogP contribution in [0.2, 0.25) is 0 Å². The van der Waals surface area contributed by atoms with E-state index in [-0.39, 0.29) is 19.3 Å². The Kier molecular flexibility index (Phi) is 9.49. The number of aryl methyl sites for hydroxylation is 2. The van der Waals surface area contributed by atoms with Crippen molar-refractivity contribution in [2.24, 2.45) is 17.2 Å². The molecule has 1 rings (SSSR count). The molecule has 1 aromatic heterocycles. The Morgan fingerprint density at radius 3 is 1.54 bits per heavy atom. The van der Waals surface area contributed by atoms with Crippen LogP contribution in [0.25, 0.3) is 0 Å². The van der Waals surface area contributed by atoms with E-state index in [2.05, 4.69) is 4.98 Å². The summed E-state index contributed by atoms with van der Waals surface area (Å²) in [5.74, 6) is -3.26. The molecule has 10 heteroatoms. The molecular formula is C18H28N4O6. The van der Waals surface area contributed by atoms with E-state index >= 15 is 0 Å². The van der Waals surface area contributed by atoms with Crippen molar-refractivity contribution in [2.75, 3.05) is 0 Å². The fraction of sp³-hybridized carbons (Fsp3) is 0.556. The van der Waals surface area contributed by atoms with E-state index in [1.54, 1.807) is 12.4 Å². The summed E-state index contributed by atoms with van der Waals surface area (Å²) in [6, 6.07) is -2.97. The van der Waals surface area contributed by atoms with Gasteiger partial charge in [0.15, 0.2) is 0 Å². The van der Waals surface area contributed by atoms with Crippen LogP contribution in [0, 0.1) is 0 Å². The predicted octanol–water partition coefficient (Wildman–Crippen LogP) is -0.495. The molecule has 0 amide bonds. The van der Waals surface area contributed by atoms with Gasteiger partial charge in [-0.1, -0.05) is 0 Å². The number of pyridine rings is 1. The van der Waals surface area contributed by atoms with Crippen LogP contribution in [0.3, 0.4) is 0 Å². The Morgan fingerprint density at radius 2 is 1.14 bits per heavy atom. The van der Waals surface area contributed by atoms with E-state index in [9.17, 15) is 14.4 Å². The topological polar surface area (TPSA) is 203 Å². The third-order valence-electron chi connectivity index (χ3n) is 4.58. The molecule has 0 aliphatic rings. The molecule has 0 fully saturated rings. The average Bonchev–Trinajstić information content (AvgIpc) is 2.64. The number of hydrogen-bond acceptors (Lipinski definition) is 7. The normalized spacial score (nSPS) is 14.2. The molecule has 0 unspecified atom stereocenters. The monoisotopic (exact) mass is 396 g/mol. The van der Waals surface area contributed by atoms with Gasteiger partial charge in [0.2, 0.25) is 0 Å². The maximum atomic E-state index is 10.9. The summed E-state index contributed by atoms with van der Waals surface area (Å²) < 4.78 is 0. The number of rotatable bonds is 13. The molecule has 9 N–H and O–H groups in total. The molecule has 156 valence electrons. The van der Waals surface area contributed by atoms with Crippen LogP contribution in [-0.2, 0) is 33.6 Å². The molecule has 0 aromatic carbocycles. The third-order valence-corrected chi connectivity index (χ3v) is 4.58. The SMILES string of the molecule is N[C@@H](CCCc1c(CC[C@H](N)C(=O)O)cncc1CC[C@H](N)C(=O)O)C(=O)O. The number of nitrogens with two attached hydrogens (primary N) is 3. The first kappa shape index (κ1) is 23.5. The lowest BCUT2D eigenvalue weighted by Crippen LogP contribution is -2.31. The van der Waals surface area contributed by atoms with Crippen LogP contribution in [0.5, 0.6) is 0 Å². The lowest BCUT2D eigenvalue weighted by atomic mass is 9.91. The Bertz CT molecular complexity index is 654. The van der Waals surface area contributed by atoms with Gasteiger partial charge in [0.1, 0.15) is 18.1 Å². The van der Waals surface area contributed by atoms with Crippen molar-refractivity contribution in [1.82, 2.24) is 4.98 Å². The Labute approximate surface area is 162 Å². The Morgan fingerprint density at radius 1 is 0.750 bits per heavy atom. The number of carboxylic acids is 3. The fourth-order valence-electron chi connectivity index (χ4n) is 2.82. The van der Waals surface area contributed by atoms with Crippen LogP contribution >= 0.6 is 0 Å². The zero-order valence-corrected chi connectivity index (χ0v) is 15.6. The second-order valence-electron chi connectivity index (χ2n) is 6.74. The van der Waals surface area contributed by atoms with Gasteiger partial charge in [0.05, 0.1) is 0 Å². The van der Waals surface area contributed by atoms with Gasteiger partial charge >= 0.3 is 17.9 Å². The van der Waals surface area contributed by atoms with Crippen LogP contribution in [0.1, 0.15) is 42.4 Å². The summed E-state index contributed by atoms with van der Waals surface area (Å²) in [5, 5.41) is 26.8. The van der Waals surface area contributed by atoms with E-state index in [0.717, 1.165) is 16.7 Å². The molecule has 0 bridgehead atoms. The second-order valence-corrected chi connectivity index (χ2v) is 6.74. The molecule has 28 heavy (non-hydrogen) atoms. The summed E-state index contributed by atoms with van der Waals surface area (Å²) in [5.41, 5.74) is 19.2. The minimum atomic E-state index is -1.09. The van der Waals surface area contributed by atoms with Gasteiger partial charge in [0, 0.05) is 12.4 Å². The molecule has 3 atom stereocenters. The second kappa shape index (κ2) is 11.3. The molecule has 1 aromatic rings. The van der Waals surface area contributed by atoms with Crippen molar-refractivity contribution in [3.05, 3.63) is 29.1 Å². The fourth-order valence-corrected chi connectivity index (χ4v) is 2.82. The van der Waals surface area contributed by atoms with Gasteiger partial charge in [-0.05, 0) is 61.6 Å². The highest BCUT2D eigenvalue weighted by molar-refractivity contribution is 5.73. The lowest BCUT2D eigenvalue weighted by molar-refractivity contribution is -0.139. The first-order valence-electron chi connectivity index (χ1n) is 9.03. The molecule has 10 nitrogen and oxygen atoms in total. The number of hydrogen-bond donors (Lipinski definition) is 6. The highest BCUT2D eigenvalue weighted by atomic mass is 16.4. The van der Waals surface area contributed by atoms with Crippen molar-refractivity contribution < 1.29 is 29.7 Å². The van der Waals surface area contributed by atoms with Crippen molar-refractivity contribution in [3.8, 4) is 0 Å². The molecule has 1 heterocycles. The maximum absolute atomic E-state index is 10.9. The standard InChI is InChI=1S/C18H28N4O6/c19-13(16(23)24)3-1-2-12-10(4-6-14(20)17(25)26)8-22-9-11(12)5-7-15(21)18(27)28/h8-9,13-15H,1-7,19-21H2,(H,23,24)(H,25,26)(H,27,28)/t13-,14-,15-/m0/s1. The third kappa shape index (κ3) is 7.59.